The first-order chi connectivity index (χ1) is 19.2. The smallest absolute Gasteiger partial charge is 0.319 e. The Bertz CT molecular complexity index is 1400. The third-order valence-electron chi connectivity index (χ3n) is 9.63. The number of fused-ring (bicyclic) bond motifs is 2. The van der Waals surface area contributed by atoms with Gasteiger partial charge in [-0.05, 0) is 76.3 Å². The standard InChI is InChI=1S/C31H42FN6OP/c1-20(2)22-9-5-6-10-23(22)26-25(32)27-24(16-33-26)28(34-18-30(37(3)4)11-7-12-30)36-29(35-27)39-19-31-13-8-14-38(31)17-21(40)15-31/h5-6,9-10,16,20-21H,7-8,11-15,17-19,40H2,1-4H3,(H,34,35,36)/t21-,31+/m1/s1. The second-order valence-electron chi connectivity index (χ2n) is 12.6. The van der Waals surface area contributed by atoms with Gasteiger partial charge in [-0.3, -0.25) is 9.88 Å². The van der Waals surface area contributed by atoms with Gasteiger partial charge in [0.15, 0.2) is 5.82 Å². The first kappa shape index (κ1) is 27.7. The van der Waals surface area contributed by atoms with Crippen LogP contribution in [0.15, 0.2) is 30.5 Å². The summed E-state index contributed by atoms with van der Waals surface area (Å²) in [5.41, 5.74) is 3.07. The Hall–Kier alpha value is -2.41. The lowest BCUT2D eigenvalue weighted by molar-refractivity contribution is 0.0738. The molecule has 1 N–H and O–H groups in total. The van der Waals surface area contributed by atoms with E-state index in [0.717, 1.165) is 56.4 Å². The highest BCUT2D eigenvalue weighted by molar-refractivity contribution is 7.17. The molecule has 4 heterocycles. The summed E-state index contributed by atoms with van der Waals surface area (Å²) in [6, 6.07) is 8.13. The van der Waals surface area contributed by atoms with E-state index in [1.807, 2.05) is 24.3 Å². The van der Waals surface area contributed by atoms with Crippen molar-refractivity contribution in [3.63, 3.8) is 0 Å². The third kappa shape index (κ3) is 4.86. The predicted molar refractivity (Wildman–Crippen MR) is 163 cm³/mol. The van der Waals surface area contributed by atoms with Crippen molar-refractivity contribution in [2.75, 3.05) is 45.7 Å². The maximum absolute atomic E-state index is 16.4. The van der Waals surface area contributed by atoms with E-state index < -0.39 is 5.82 Å². The first-order valence-corrected chi connectivity index (χ1v) is 15.4. The molecule has 2 saturated heterocycles. The molecule has 0 bridgehead atoms. The summed E-state index contributed by atoms with van der Waals surface area (Å²) >= 11 is 0. The van der Waals surface area contributed by atoms with Crippen LogP contribution in [0.3, 0.4) is 0 Å². The van der Waals surface area contributed by atoms with Crippen molar-refractivity contribution in [1.82, 2.24) is 24.8 Å². The van der Waals surface area contributed by atoms with Crippen LogP contribution in [0.1, 0.15) is 63.9 Å². The summed E-state index contributed by atoms with van der Waals surface area (Å²) in [7, 11) is 7.23. The lowest BCUT2D eigenvalue weighted by Gasteiger charge is -2.47. The average molecular weight is 565 g/mol. The number of benzene rings is 1. The van der Waals surface area contributed by atoms with E-state index in [9.17, 15) is 0 Å². The number of aromatic nitrogens is 3. The van der Waals surface area contributed by atoms with Crippen molar-refractivity contribution in [3.05, 3.63) is 41.8 Å². The van der Waals surface area contributed by atoms with Gasteiger partial charge in [0, 0.05) is 30.4 Å². The minimum Gasteiger partial charge on any atom is -0.461 e. The fourth-order valence-corrected chi connectivity index (χ4v) is 7.72. The molecular weight excluding hydrogens is 522 g/mol. The van der Waals surface area contributed by atoms with Crippen LogP contribution in [0.5, 0.6) is 6.01 Å². The van der Waals surface area contributed by atoms with E-state index in [0.29, 0.717) is 29.2 Å². The van der Waals surface area contributed by atoms with Gasteiger partial charge < -0.3 is 15.0 Å². The van der Waals surface area contributed by atoms with E-state index in [-0.39, 0.29) is 28.5 Å². The maximum atomic E-state index is 16.4. The normalized spacial score (nSPS) is 24.1. The summed E-state index contributed by atoms with van der Waals surface area (Å²) < 4.78 is 22.8. The molecule has 40 heavy (non-hydrogen) atoms. The zero-order valence-electron chi connectivity index (χ0n) is 24.2. The number of anilines is 1. The number of likely N-dealkylation sites (N-methyl/N-ethyl adjacent to an activating group) is 1. The van der Waals surface area contributed by atoms with Crippen LogP contribution in [-0.2, 0) is 0 Å². The molecule has 7 nitrogen and oxygen atoms in total. The molecule has 0 radical (unpaired) electrons. The summed E-state index contributed by atoms with van der Waals surface area (Å²) in [6.07, 6.45) is 8.54. The molecule has 3 fully saturated rings. The quantitative estimate of drug-likeness (QED) is 0.334. The summed E-state index contributed by atoms with van der Waals surface area (Å²) in [5.74, 6) is 0.387. The minimum atomic E-state index is -0.432. The van der Waals surface area contributed by atoms with Gasteiger partial charge in [0.25, 0.3) is 0 Å². The van der Waals surface area contributed by atoms with Crippen molar-refractivity contribution in [2.45, 2.75) is 75.0 Å². The summed E-state index contributed by atoms with van der Waals surface area (Å²) in [6.45, 7) is 7.64. The van der Waals surface area contributed by atoms with Gasteiger partial charge in [-0.2, -0.15) is 9.97 Å². The Morgan fingerprint density at radius 2 is 1.98 bits per heavy atom. The Kier molecular flexibility index (Phi) is 7.47. The fourth-order valence-electron chi connectivity index (χ4n) is 7.02. The topological polar surface area (TPSA) is 66.4 Å². The number of nitrogens with one attached hydrogen (secondary N) is 1. The van der Waals surface area contributed by atoms with Crippen molar-refractivity contribution < 1.29 is 9.13 Å². The highest BCUT2D eigenvalue weighted by atomic mass is 31.0. The van der Waals surface area contributed by atoms with E-state index in [4.69, 9.17) is 9.72 Å². The van der Waals surface area contributed by atoms with Gasteiger partial charge in [-0.1, -0.05) is 38.1 Å². The highest BCUT2D eigenvalue weighted by Gasteiger charge is 2.48. The molecule has 3 aliphatic rings. The molecular formula is C31H42FN6OP. The van der Waals surface area contributed by atoms with E-state index in [1.54, 1.807) is 6.20 Å². The van der Waals surface area contributed by atoms with Gasteiger partial charge in [0.2, 0.25) is 0 Å². The van der Waals surface area contributed by atoms with Gasteiger partial charge >= 0.3 is 6.01 Å². The van der Waals surface area contributed by atoms with Crippen LogP contribution in [-0.4, -0.2) is 81.8 Å². The minimum absolute atomic E-state index is 0.0113. The van der Waals surface area contributed by atoms with Crippen LogP contribution in [0.25, 0.3) is 22.2 Å². The Morgan fingerprint density at radius 1 is 1.18 bits per heavy atom. The third-order valence-corrected chi connectivity index (χ3v) is 10.1. The molecule has 1 unspecified atom stereocenters. The zero-order valence-corrected chi connectivity index (χ0v) is 25.4. The summed E-state index contributed by atoms with van der Waals surface area (Å²) in [4.78, 5) is 19.0. The second kappa shape index (κ2) is 10.8. The molecule has 1 saturated carbocycles. The molecule has 1 aliphatic carbocycles. The van der Waals surface area contributed by atoms with Crippen LogP contribution < -0.4 is 10.1 Å². The van der Waals surface area contributed by atoms with Crippen LogP contribution in [0.4, 0.5) is 10.2 Å². The van der Waals surface area contributed by atoms with E-state index in [2.05, 4.69) is 62.3 Å². The van der Waals surface area contributed by atoms with Crippen molar-refractivity contribution >= 4 is 26.0 Å². The molecule has 3 atom stereocenters. The molecule has 6 rings (SSSR count). The Labute approximate surface area is 239 Å². The monoisotopic (exact) mass is 564 g/mol. The Balaban J connectivity index is 1.39. The van der Waals surface area contributed by atoms with Gasteiger partial charge in [-0.25, -0.2) is 4.39 Å². The first-order valence-electron chi connectivity index (χ1n) is 14.7. The molecule has 0 spiro atoms. The van der Waals surface area contributed by atoms with Crippen LogP contribution in [0, 0.1) is 5.82 Å². The molecule has 2 aliphatic heterocycles. The van der Waals surface area contributed by atoms with Gasteiger partial charge in [0.05, 0.1) is 10.9 Å². The highest BCUT2D eigenvalue weighted by Crippen LogP contribution is 2.42. The molecule has 2 aromatic heterocycles. The number of halogens is 1. The predicted octanol–water partition coefficient (Wildman–Crippen LogP) is 5.71. The SMILES string of the molecule is CC(C)c1ccccc1-c1ncc2c(NCC3(N(C)C)CCC3)nc(OC[C@@]34CCCN3C[C@H](P)C4)nc2c1F. The van der Waals surface area contributed by atoms with Crippen LogP contribution >= 0.6 is 9.24 Å². The number of hydrogen-bond acceptors (Lipinski definition) is 7. The number of ether oxygens (including phenoxy) is 1. The number of pyridine rings is 1. The zero-order chi connectivity index (χ0) is 28.1. The van der Waals surface area contributed by atoms with Gasteiger partial charge in [0.1, 0.15) is 23.6 Å². The van der Waals surface area contributed by atoms with Crippen molar-refractivity contribution in [2.24, 2.45) is 0 Å². The number of rotatable bonds is 9. The molecule has 214 valence electrons. The van der Waals surface area contributed by atoms with E-state index >= 15 is 4.39 Å². The average Bonchev–Trinajstić information content (AvgIpc) is 3.42. The van der Waals surface area contributed by atoms with Crippen LogP contribution in [0.2, 0.25) is 0 Å². The van der Waals surface area contributed by atoms with Gasteiger partial charge in [-0.15, -0.1) is 9.24 Å². The maximum Gasteiger partial charge on any atom is 0.319 e. The fraction of sp³-hybridized carbons (Fsp3) is 0.581. The summed E-state index contributed by atoms with van der Waals surface area (Å²) in [5, 5.41) is 4.13. The molecule has 1 aromatic carbocycles. The molecule has 0 amide bonds. The molecule has 9 heteroatoms. The Morgan fingerprint density at radius 3 is 2.70 bits per heavy atom. The number of nitrogens with zero attached hydrogens (tertiary/aromatic N) is 5. The van der Waals surface area contributed by atoms with E-state index in [1.165, 1.54) is 12.8 Å². The van der Waals surface area contributed by atoms with Crippen molar-refractivity contribution in [1.29, 1.82) is 0 Å². The lowest BCUT2D eigenvalue weighted by atomic mass is 9.75. The largest absolute Gasteiger partial charge is 0.461 e. The lowest BCUT2D eigenvalue weighted by Crippen LogP contribution is -2.54. The number of hydrogen-bond donors (Lipinski definition) is 1. The second-order valence-corrected chi connectivity index (χ2v) is 13.6. The molecule has 3 aromatic rings. The van der Waals surface area contributed by atoms with Crippen molar-refractivity contribution in [3.8, 4) is 17.3 Å².